The van der Waals surface area contributed by atoms with Crippen molar-refractivity contribution in [2.45, 2.75) is 26.7 Å². The van der Waals surface area contributed by atoms with Crippen molar-refractivity contribution in [1.29, 1.82) is 0 Å². The second kappa shape index (κ2) is 8.57. The lowest BCUT2D eigenvalue weighted by Crippen LogP contribution is -2.38. The van der Waals surface area contributed by atoms with Gasteiger partial charge in [0, 0.05) is 23.8 Å². The highest BCUT2D eigenvalue weighted by Gasteiger charge is 2.24. The maximum Gasteiger partial charge on any atom is 0.262 e. The molecule has 30 heavy (non-hydrogen) atoms. The molecule has 0 unspecified atom stereocenters. The Morgan fingerprint density at radius 2 is 1.83 bits per heavy atom. The largest absolute Gasteiger partial charge is 0.484 e. The van der Waals surface area contributed by atoms with E-state index in [9.17, 15) is 9.59 Å². The Bertz CT molecular complexity index is 1090. The smallest absolute Gasteiger partial charge is 0.262 e. The molecule has 0 fully saturated rings. The van der Waals surface area contributed by atoms with E-state index in [1.807, 2.05) is 79.4 Å². The normalized spacial score (nSPS) is 13.2. The summed E-state index contributed by atoms with van der Waals surface area (Å²) in [5.74, 6) is 0.547. The second-order valence-electron chi connectivity index (χ2n) is 7.94. The van der Waals surface area contributed by atoms with Crippen molar-refractivity contribution in [3.05, 3.63) is 66.2 Å². The van der Waals surface area contributed by atoms with E-state index in [0.29, 0.717) is 5.75 Å². The van der Waals surface area contributed by atoms with Crippen LogP contribution in [-0.4, -0.2) is 25.0 Å². The van der Waals surface area contributed by atoms with Crippen LogP contribution in [0.2, 0.25) is 0 Å². The van der Waals surface area contributed by atoms with Crippen molar-refractivity contribution in [1.82, 2.24) is 0 Å². The molecule has 0 saturated carbocycles. The lowest BCUT2D eigenvalue weighted by atomic mass is 9.99. The molecule has 154 valence electrons. The number of fused-ring (bicyclic) bond motifs is 2. The summed E-state index contributed by atoms with van der Waals surface area (Å²) in [6.07, 6.45) is 1.82. The zero-order valence-corrected chi connectivity index (χ0v) is 17.4. The molecule has 1 N–H and O–H groups in total. The van der Waals surface area contributed by atoms with Gasteiger partial charge in [0.2, 0.25) is 5.91 Å². The topological polar surface area (TPSA) is 58.6 Å². The molecule has 3 aromatic carbocycles. The van der Waals surface area contributed by atoms with Crippen LogP contribution in [0.15, 0.2) is 60.7 Å². The van der Waals surface area contributed by atoms with Crippen LogP contribution in [-0.2, 0) is 16.0 Å². The quantitative estimate of drug-likeness (QED) is 0.667. The number of benzene rings is 3. The molecule has 0 radical (unpaired) electrons. The Labute approximate surface area is 176 Å². The number of aryl methyl sites for hydroxylation is 1. The van der Waals surface area contributed by atoms with Crippen LogP contribution < -0.4 is 15.0 Å². The predicted octanol–water partition coefficient (Wildman–Crippen LogP) is 4.79. The monoisotopic (exact) mass is 402 g/mol. The Morgan fingerprint density at radius 1 is 1.03 bits per heavy atom. The van der Waals surface area contributed by atoms with Crippen LogP contribution in [0, 0.1) is 5.92 Å². The van der Waals surface area contributed by atoms with Gasteiger partial charge in [-0.3, -0.25) is 9.59 Å². The van der Waals surface area contributed by atoms with Crippen molar-refractivity contribution in [3.8, 4) is 5.75 Å². The number of nitrogens with zero attached hydrogens (tertiary/aromatic N) is 1. The molecule has 0 saturated heterocycles. The van der Waals surface area contributed by atoms with E-state index >= 15 is 0 Å². The van der Waals surface area contributed by atoms with Crippen LogP contribution in [0.1, 0.15) is 25.8 Å². The van der Waals surface area contributed by atoms with Gasteiger partial charge >= 0.3 is 0 Å². The molecule has 0 atom stereocenters. The standard InChI is InChI=1S/C25H26N2O3/c1-17(2)25(29)27-13-5-8-20-14-21(10-12-23(20)27)26-24(28)16-30-22-11-9-18-6-3-4-7-19(18)15-22/h3-4,6-7,9-12,14-15,17H,5,8,13,16H2,1-2H3,(H,26,28). The second-order valence-corrected chi connectivity index (χ2v) is 7.94. The van der Waals surface area contributed by atoms with Crippen molar-refractivity contribution >= 4 is 34.0 Å². The molecule has 5 nitrogen and oxygen atoms in total. The van der Waals surface area contributed by atoms with Crippen LogP contribution in [0.4, 0.5) is 11.4 Å². The van der Waals surface area contributed by atoms with E-state index in [0.717, 1.165) is 47.1 Å². The number of hydrogen-bond acceptors (Lipinski definition) is 3. The van der Waals surface area contributed by atoms with Crippen LogP contribution in [0.25, 0.3) is 10.8 Å². The molecule has 2 amide bonds. The molecule has 0 aliphatic carbocycles. The number of anilines is 2. The number of amides is 2. The van der Waals surface area contributed by atoms with E-state index < -0.39 is 0 Å². The summed E-state index contributed by atoms with van der Waals surface area (Å²) in [7, 11) is 0. The van der Waals surface area contributed by atoms with Gasteiger partial charge in [0.05, 0.1) is 0 Å². The number of rotatable bonds is 5. The van der Waals surface area contributed by atoms with Gasteiger partial charge in [0.15, 0.2) is 6.61 Å². The molecule has 0 spiro atoms. The van der Waals surface area contributed by atoms with E-state index in [1.165, 1.54) is 0 Å². The molecule has 0 aromatic heterocycles. The van der Waals surface area contributed by atoms with Gasteiger partial charge in [-0.1, -0.05) is 44.2 Å². The van der Waals surface area contributed by atoms with Gasteiger partial charge in [-0.05, 0) is 59.5 Å². The summed E-state index contributed by atoms with van der Waals surface area (Å²) in [6, 6.07) is 19.5. The Balaban J connectivity index is 1.40. The SMILES string of the molecule is CC(C)C(=O)N1CCCc2cc(NC(=O)COc3ccc4ccccc4c3)ccc21. The molecular formula is C25H26N2O3. The molecular weight excluding hydrogens is 376 g/mol. The number of carbonyl (C=O) groups excluding carboxylic acids is 2. The van der Waals surface area contributed by atoms with Crippen LogP contribution in [0.5, 0.6) is 5.75 Å². The highest BCUT2D eigenvalue weighted by Crippen LogP contribution is 2.30. The lowest BCUT2D eigenvalue weighted by Gasteiger charge is -2.31. The van der Waals surface area contributed by atoms with E-state index in [2.05, 4.69) is 5.32 Å². The first-order valence-electron chi connectivity index (χ1n) is 10.4. The summed E-state index contributed by atoms with van der Waals surface area (Å²) in [6.45, 7) is 4.52. The summed E-state index contributed by atoms with van der Waals surface area (Å²) in [5, 5.41) is 5.11. The van der Waals surface area contributed by atoms with Crippen LogP contribution in [0.3, 0.4) is 0 Å². The number of ether oxygens (including phenoxy) is 1. The summed E-state index contributed by atoms with van der Waals surface area (Å²) < 4.78 is 5.67. The minimum atomic E-state index is -0.214. The molecule has 5 heteroatoms. The Kier molecular flexibility index (Phi) is 5.70. The average Bonchev–Trinajstić information content (AvgIpc) is 2.76. The molecule has 1 aliphatic rings. The third-order valence-corrected chi connectivity index (χ3v) is 5.33. The lowest BCUT2D eigenvalue weighted by molar-refractivity contribution is -0.121. The van der Waals surface area contributed by atoms with Crippen molar-refractivity contribution in [2.75, 3.05) is 23.4 Å². The van der Waals surface area contributed by atoms with Crippen LogP contribution >= 0.6 is 0 Å². The molecule has 3 aromatic rings. The zero-order chi connectivity index (χ0) is 21.1. The van der Waals surface area contributed by atoms with Crippen molar-refractivity contribution < 1.29 is 14.3 Å². The number of nitrogens with one attached hydrogen (secondary N) is 1. The highest BCUT2D eigenvalue weighted by atomic mass is 16.5. The van der Waals surface area contributed by atoms with E-state index in [1.54, 1.807) is 0 Å². The number of carbonyl (C=O) groups is 2. The minimum absolute atomic E-state index is 0.0393. The van der Waals surface area contributed by atoms with Gasteiger partial charge in [-0.2, -0.15) is 0 Å². The summed E-state index contributed by atoms with van der Waals surface area (Å²) in [4.78, 5) is 26.7. The fourth-order valence-corrected chi connectivity index (χ4v) is 3.82. The van der Waals surface area contributed by atoms with Gasteiger partial charge in [-0.15, -0.1) is 0 Å². The van der Waals surface area contributed by atoms with E-state index in [4.69, 9.17) is 4.74 Å². The van der Waals surface area contributed by atoms with Gasteiger partial charge in [0.1, 0.15) is 5.75 Å². The van der Waals surface area contributed by atoms with Crippen molar-refractivity contribution in [3.63, 3.8) is 0 Å². The molecule has 4 rings (SSSR count). The van der Waals surface area contributed by atoms with Gasteiger partial charge in [0.25, 0.3) is 5.91 Å². The predicted molar refractivity (Wildman–Crippen MR) is 120 cm³/mol. The average molecular weight is 402 g/mol. The summed E-state index contributed by atoms with van der Waals surface area (Å²) >= 11 is 0. The number of hydrogen-bond donors (Lipinski definition) is 1. The first kappa shape index (κ1) is 20.0. The van der Waals surface area contributed by atoms with E-state index in [-0.39, 0.29) is 24.3 Å². The third-order valence-electron chi connectivity index (χ3n) is 5.33. The third kappa shape index (κ3) is 4.30. The fourth-order valence-electron chi connectivity index (χ4n) is 3.82. The van der Waals surface area contributed by atoms with Crippen molar-refractivity contribution in [2.24, 2.45) is 5.92 Å². The highest BCUT2D eigenvalue weighted by molar-refractivity contribution is 5.97. The molecule has 0 bridgehead atoms. The Morgan fingerprint density at radius 3 is 2.63 bits per heavy atom. The maximum atomic E-state index is 12.5. The fraction of sp³-hybridized carbons (Fsp3) is 0.280. The minimum Gasteiger partial charge on any atom is -0.484 e. The molecule has 1 heterocycles. The maximum absolute atomic E-state index is 12.5. The zero-order valence-electron chi connectivity index (χ0n) is 17.4. The first-order chi connectivity index (χ1) is 14.5. The Hall–Kier alpha value is -3.34. The summed E-state index contributed by atoms with van der Waals surface area (Å²) in [5.41, 5.74) is 2.76. The van der Waals surface area contributed by atoms with Gasteiger partial charge < -0.3 is 15.0 Å². The van der Waals surface area contributed by atoms with Gasteiger partial charge in [-0.25, -0.2) is 0 Å². The molecule has 1 aliphatic heterocycles. The first-order valence-corrected chi connectivity index (χ1v) is 10.4.